The number of para-hydroxylation sites is 4. The quantitative estimate of drug-likeness (QED) is 0.158. The van der Waals surface area contributed by atoms with Crippen LogP contribution in [-0.4, -0.2) is 6.71 Å². The van der Waals surface area contributed by atoms with Gasteiger partial charge in [0.15, 0.2) is 0 Å². The zero-order chi connectivity index (χ0) is 34.0. The Kier molecular flexibility index (Phi) is 8.00. The van der Waals surface area contributed by atoms with E-state index in [0.29, 0.717) is 0 Å². The molecule has 0 saturated carbocycles. The van der Waals surface area contributed by atoms with Crippen molar-refractivity contribution in [1.29, 1.82) is 0 Å². The molecule has 8 aromatic carbocycles. The first kappa shape index (κ1) is 30.5. The summed E-state index contributed by atoms with van der Waals surface area (Å²) in [5, 5.41) is 0. The average molecular weight is 651 g/mol. The highest BCUT2D eigenvalue weighted by molar-refractivity contribution is 6.99. The van der Waals surface area contributed by atoms with Gasteiger partial charge < -0.3 is 9.80 Å². The first-order valence-electron chi connectivity index (χ1n) is 17.6. The van der Waals surface area contributed by atoms with Gasteiger partial charge in [0.1, 0.15) is 0 Å². The molecule has 240 valence electrons. The minimum Gasteiger partial charge on any atom is -0.312 e. The van der Waals surface area contributed by atoms with Gasteiger partial charge in [0, 0.05) is 34.1 Å². The largest absolute Gasteiger partial charge is 0.312 e. The molecule has 1 aliphatic heterocycles. The van der Waals surface area contributed by atoms with Crippen molar-refractivity contribution >= 4 is 57.2 Å². The van der Waals surface area contributed by atoms with Crippen LogP contribution in [0.2, 0.25) is 0 Å². The fourth-order valence-corrected chi connectivity index (χ4v) is 7.73. The summed E-state index contributed by atoms with van der Waals surface area (Å²) in [4.78, 5) is 4.81. The van der Waals surface area contributed by atoms with Gasteiger partial charge in [0.05, 0.1) is 0 Å². The predicted octanol–water partition coefficient (Wildman–Crippen LogP) is 10.8. The van der Waals surface area contributed by atoms with Crippen LogP contribution in [0.4, 0.5) is 34.1 Å². The van der Waals surface area contributed by atoms with E-state index in [1.165, 1.54) is 50.0 Å². The first-order chi connectivity index (χ1) is 25.3. The van der Waals surface area contributed by atoms with Crippen LogP contribution >= 0.6 is 0 Å². The summed E-state index contributed by atoms with van der Waals surface area (Å²) in [5.74, 6) is 0. The summed E-state index contributed by atoms with van der Waals surface area (Å²) in [6.07, 6.45) is 0. The average Bonchev–Trinajstić information content (AvgIpc) is 3.21. The third-order valence-electron chi connectivity index (χ3n) is 9.92. The highest BCUT2D eigenvalue weighted by atomic mass is 15.2. The van der Waals surface area contributed by atoms with E-state index in [1.54, 1.807) is 0 Å². The molecular formula is C48H35BN2. The van der Waals surface area contributed by atoms with E-state index in [0.717, 1.165) is 22.7 Å². The van der Waals surface area contributed by atoms with Crippen molar-refractivity contribution in [3.05, 3.63) is 212 Å². The van der Waals surface area contributed by atoms with E-state index in [2.05, 4.69) is 222 Å². The van der Waals surface area contributed by atoms with Crippen LogP contribution in [0.25, 0.3) is 22.3 Å². The first-order valence-corrected chi connectivity index (χ1v) is 17.6. The molecule has 0 spiro atoms. The maximum atomic E-state index is 2.44. The zero-order valence-corrected chi connectivity index (χ0v) is 28.2. The molecule has 0 saturated heterocycles. The maximum Gasteiger partial charge on any atom is 0.248 e. The summed E-state index contributed by atoms with van der Waals surface area (Å²) in [5.41, 5.74) is 15.6. The number of nitrogens with zero attached hydrogens (tertiary/aromatic N) is 2. The molecule has 51 heavy (non-hydrogen) atoms. The highest BCUT2D eigenvalue weighted by Crippen LogP contribution is 2.40. The van der Waals surface area contributed by atoms with Gasteiger partial charge >= 0.3 is 0 Å². The van der Waals surface area contributed by atoms with Gasteiger partial charge in [-0.2, -0.15) is 0 Å². The zero-order valence-electron chi connectivity index (χ0n) is 28.2. The van der Waals surface area contributed by atoms with Crippen molar-refractivity contribution < 1.29 is 0 Å². The topological polar surface area (TPSA) is 6.48 Å². The number of rotatable bonds is 7. The summed E-state index contributed by atoms with van der Waals surface area (Å²) in [6, 6.07) is 76.7. The molecule has 0 aliphatic carbocycles. The molecule has 0 aromatic heterocycles. The van der Waals surface area contributed by atoms with E-state index >= 15 is 0 Å². The van der Waals surface area contributed by atoms with E-state index in [-0.39, 0.29) is 6.71 Å². The van der Waals surface area contributed by atoms with Gasteiger partial charge in [0.25, 0.3) is 0 Å². The second-order valence-electron chi connectivity index (χ2n) is 12.9. The van der Waals surface area contributed by atoms with Gasteiger partial charge in [0.2, 0.25) is 6.71 Å². The molecule has 0 bridgehead atoms. The fraction of sp³-hybridized carbons (Fsp3) is 0. The summed E-state index contributed by atoms with van der Waals surface area (Å²) in [7, 11) is 0. The second-order valence-corrected chi connectivity index (χ2v) is 12.9. The molecule has 0 fully saturated rings. The number of hydrogen-bond acceptors (Lipinski definition) is 2. The molecule has 1 aliphatic rings. The van der Waals surface area contributed by atoms with Crippen molar-refractivity contribution in [2.45, 2.75) is 0 Å². The molecule has 0 amide bonds. The van der Waals surface area contributed by atoms with Crippen molar-refractivity contribution in [2.24, 2.45) is 0 Å². The van der Waals surface area contributed by atoms with E-state index in [9.17, 15) is 0 Å². The summed E-state index contributed by atoms with van der Waals surface area (Å²) < 4.78 is 0. The number of benzene rings is 8. The predicted molar refractivity (Wildman–Crippen MR) is 218 cm³/mol. The number of fused-ring (bicyclic) bond motifs is 2. The number of hydrogen-bond donors (Lipinski definition) is 0. The molecule has 8 aromatic rings. The van der Waals surface area contributed by atoms with Crippen molar-refractivity contribution in [3.8, 4) is 22.3 Å². The van der Waals surface area contributed by atoms with Crippen molar-refractivity contribution in [3.63, 3.8) is 0 Å². The minimum absolute atomic E-state index is 0.0591. The van der Waals surface area contributed by atoms with E-state index in [4.69, 9.17) is 0 Å². The van der Waals surface area contributed by atoms with Crippen LogP contribution in [0.1, 0.15) is 0 Å². The Balaban J connectivity index is 1.37. The standard InChI is InChI=1S/C48H35BN2/c1-6-19-36(20-7-1)42-29-18-30-43(37-21-8-2-9-22-37)48(42)49-44-31-16-17-32-46(44)51(40-27-14-5-15-28-40)47-34-33-41(35-45(47)49)50(38-23-10-3-11-24-38)39-25-12-4-13-26-39/h1-35H. The monoisotopic (exact) mass is 650 g/mol. The molecule has 3 heteroatoms. The Morgan fingerprint density at radius 1 is 0.353 bits per heavy atom. The van der Waals surface area contributed by atoms with Gasteiger partial charge in [-0.15, -0.1) is 0 Å². The van der Waals surface area contributed by atoms with Crippen LogP contribution in [0, 0.1) is 0 Å². The van der Waals surface area contributed by atoms with Crippen LogP contribution < -0.4 is 26.2 Å². The SMILES string of the molecule is c1ccc(-c2cccc(-c3ccccc3)c2B2c3ccccc3N(c3ccccc3)c3ccc(N(c4ccccc4)c4ccccc4)cc32)cc1. The Hall–Kier alpha value is -6.58. The minimum atomic E-state index is -0.0591. The lowest BCUT2D eigenvalue weighted by Gasteiger charge is -2.39. The lowest BCUT2D eigenvalue weighted by molar-refractivity contribution is 1.26. The second kappa shape index (κ2) is 13.4. The molecule has 0 atom stereocenters. The molecule has 0 unspecified atom stereocenters. The van der Waals surface area contributed by atoms with Crippen LogP contribution in [0.15, 0.2) is 212 Å². The van der Waals surface area contributed by atoms with E-state index in [1.807, 2.05) is 0 Å². The Morgan fingerprint density at radius 3 is 1.39 bits per heavy atom. The van der Waals surface area contributed by atoms with Crippen molar-refractivity contribution in [2.75, 3.05) is 9.80 Å². The maximum absolute atomic E-state index is 2.44. The molecule has 0 radical (unpaired) electrons. The fourth-order valence-electron chi connectivity index (χ4n) is 7.73. The van der Waals surface area contributed by atoms with Gasteiger partial charge in [-0.25, -0.2) is 0 Å². The van der Waals surface area contributed by atoms with Gasteiger partial charge in [-0.05, 0) is 93.8 Å². The lowest BCUT2D eigenvalue weighted by Crippen LogP contribution is -2.58. The van der Waals surface area contributed by atoms with Crippen LogP contribution in [0.3, 0.4) is 0 Å². The Labute approximate surface area is 300 Å². The van der Waals surface area contributed by atoms with Crippen LogP contribution in [0.5, 0.6) is 0 Å². The summed E-state index contributed by atoms with van der Waals surface area (Å²) in [6.45, 7) is -0.0591. The highest BCUT2D eigenvalue weighted by Gasteiger charge is 2.38. The molecule has 2 nitrogen and oxygen atoms in total. The number of anilines is 6. The third kappa shape index (κ3) is 5.59. The molecule has 0 N–H and O–H groups in total. The van der Waals surface area contributed by atoms with Crippen LogP contribution in [-0.2, 0) is 0 Å². The van der Waals surface area contributed by atoms with Crippen molar-refractivity contribution in [1.82, 2.24) is 0 Å². The Bertz CT molecular complexity index is 2320. The summed E-state index contributed by atoms with van der Waals surface area (Å²) >= 11 is 0. The van der Waals surface area contributed by atoms with Gasteiger partial charge in [-0.1, -0.05) is 157 Å². The lowest BCUT2D eigenvalue weighted by atomic mass is 9.33. The third-order valence-corrected chi connectivity index (χ3v) is 9.92. The molecular weight excluding hydrogens is 615 g/mol. The Morgan fingerprint density at radius 2 is 0.824 bits per heavy atom. The smallest absolute Gasteiger partial charge is 0.248 e. The normalized spacial score (nSPS) is 11.8. The molecule has 1 heterocycles. The van der Waals surface area contributed by atoms with E-state index < -0.39 is 0 Å². The van der Waals surface area contributed by atoms with Gasteiger partial charge in [-0.3, -0.25) is 0 Å². The molecule has 9 rings (SSSR count).